The number of amides is 1. The summed E-state index contributed by atoms with van der Waals surface area (Å²) in [5.74, 6) is -0.365. The van der Waals surface area contributed by atoms with E-state index in [0.717, 1.165) is 17.7 Å². The van der Waals surface area contributed by atoms with E-state index in [1.165, 1.54) is 33.6 Å². The maximum Gasteiger partial charge on any atom is 0.253 e. The Bertz CT molecular complexity index is 990. The van der Waals surface area contributed by atoms with Gasteiger partial charge in [-0.15, -0.1) is 5.10 Å². The molecule has 1 aliphatic heterocycles. The summed E-state index contributed by atoms with van der Waals surface area (Å²) in [6.07, 6.45) is 0.724. The van der Waals surface area contributed by atoms with Crippen LogP contribution < -0.4 is 0 Å². The molecule has 136 valence electrons. The normalized spacial score (nSPS) is 13.7. The second-order valence-corrected chi connectivity index (χ2v) is 6.76. The Kier molecular flexibility index (Phi) is 4.93. The Morgan fingerprint density at radius 2 is 2.00 bits per heavy atom. The first kappa shape index (κ1) is 17.3. The predicted molar refractivity (Wildman–Crippen MR) is 99.1 cm³/mol. The third-order valence-corrected chi connectivity index (χ3v) is 4.92. The van der Waals surface area contributed by atoms with E-state index in [-0.39, 0.29) is 17.5 Å². The highest BCUT2D eigenvalue weighted by Gasteiger charge is 2.22. The molecule has 0 saturated carbocycles. The third-order valence-electron chi connectivity index (χ3n) is 4.02. The zero-order chi connectivity index (χ0) is 18.6. The average molecular weight is 382 g/mol. The fraction of sp³-hybridized carbons (Fsp3) is 0.167. The monoisotopic (exact) mass is 382 g/mol. The van der Waals surface area contributed by atoms with Crippen LogP contribution in [0.4, 0.5) is 4.39 Å². The highest BCUT2D eigenvalue weighted by Crippen LogP contribution is 2.21. The van der Waals surface area contributed by atoms with Crippen LogP contribution in [-0.2, 0) is 4.79 Å². The minimum absolute atomic E-state index is 0.125. The molecule has 0 radical (unpaired) electrons. The Balaban J connectivity index is 1.42. The van der Waals surface area contributed by atoms with E-state index in [4.69, 9.17) is 0 Å². The largest absolute Gasteiger partial charge is 0.272 e. The molecule has 0 atom stereocenters. The molecule has 1 aromatic heterocycles. The van der Waals surface area contributed by atoms with Gasteiger partial charge in [0.15, 0.2) is 0 Å². The van der Waals surface area contributed by atoms with E-state index in [1.54, 1.807) is 12.1 Å². The number of tetrazole rings is 1. The lowest BCUT2D eigenvalue weighted by Gasteiger charge is -2.10. The number of carbonyl (C=O) groups excluding carboxylic acids is 1. The molecule has 0 saturated heterocycles. The van der Waals surface area contributed by atoms with Crippen molar-refractivity contribution in [3.63, 3.8) is 0 Å². The van der Waals surface area contributed by atoms with Gasteiger partial charge in [-0.1, -0.05) is 48.2 Å². The maximum atomic E-state index is 13.4. The number of benzene rings is 2. The van der Waals surface area contributed by atoms with Gasteiger partial charge in [0, 0.05) is 6.42 Å². The van der Waals surface area contributed by atoms with Crippen molar-refractivity contribution in [2.24, 2.45) is 5.10 Å². The number of aromatic nitrogens is 4. The first-order chi connectivity index (χ1) is 13.2. The first-order valence-electron chi connectivity index (χ1n) is 8.31. The summed E-state index contributed by atoms with van der Waals surface area (Å²) in [6, 6.07) is 15.8. The summed E-state index contributed by atoms with van der Waals surface area (Å²) in [7, 11) is 0. The molecule has 2 aromatic carbocycles. The topological polar surface area (TPSA) is 76.3 Å². The SMILES string of the molecule is O=C(CSc1nnnn1-c1cccc(F)c1)N1CCC(c2ccccc2)=N1. The number of hydrogen-bond donors (Lipinski definition) is 0. The van der Waals surface area contributed by atoms with Gasteiger partial charge in [-0.05, 0) is 34.2 Å². The summed E-state index contributed by atoms with van der Waals surface area (Å²) in [5, 5.41) is 17.7. The second kappa shape index (κ2) is 7.67. The van der Waals surface area contributed by atoms with Crippen LogP contribution in [-0.4, -0.2) is 49.1 Å². The van der Waals surface area contributed by atoms with E-state index < -0.39 is 0 Å². The molecule has 4 rings (SSSR count). The van der Waals surface area contributed by atoms with Gasteiger partial charge < -0.3 is 0 Å². The molecule has 0 N–H and O–H groups in total. The van der Waals surface area contributed by atoms with E-state index in [0.29, 0.717) is 17.4 Å². The van der Waals surface area contributed by atoms with Crippen LogP contribution in [0.5, 0.6) is 0 Å². The molecule has 3 aromatic rings. The molecule has 9 heteroatoms. The number of nitrogens with zero attached hydrogens (tertiary/aromatic N) is 6. The fourth-order valence-corrected chi connectivity index (χ4v) is 3.47. The maximum absolute atomic E-state index is 13.4. The summed E-state index contributed by atoms with van der Waals surface area (Å²) < 4.78 is 14.8. The molecule has 0 bridgehead atoms. The highest BCUT2D eigenvalue weighted by molar-refractivity contribution is 7.99. The summed E-state index contributed by atoms with van der Waals surface area (Å²) >= 11 is 1.19. The molecule has 27 heavy (non-hydrogen) atoms. The van der Waals surface area contributed by atoms with Crippen molar-refractivity contribution < 1.29 is 9.18 Å². The molecule has 1 amide bonds. The van der Waals surface area contributed by atoms with Gasteiger partial charge in [-0.3, -0.25) is 4.79 Å². The smallest absolute Gasteiger partial charge is 0.253 e. The number of hydrazone groups is 1. The highest BCUT2D eigenvalue weighted by atomic mass is 32.2. The van der Waals surface area contributed by atoms with Gasteiger partial charge >= 0.3 is 0 Å². The number of halogens is 1. The fourth-order valence-electron chi connectivity index (χ4n) is 2.71. The molecule has 0 fully saturated rings. The van der Waals surface area contributed by atoms with Crippen LogP contribution in [0, 0.1) is 5.82 Å². The first-order valence-corrected chi connectivity index (χ1v) is 9.29. The Hall–Kier alpha value is -3.07. The van der Waals surface area contributed by atoms with Gasteiger partial charge in [0.05, 0.1) is 23.7 Å². The Morgan fingerprint density at radius 1 is 1.15 bits per heavy atom. The van der Waals surface area contributed by atoms with Crippen molar-refractivity contribution in [2.75, 3.05) is 12.3 Å². The van der Waals surface area contributed by atoms with Gasteiger partial charge in [0.2, 0.25) is 5.16 Å². The minimum atomic E-state index is -0.380. The minimum Gasteiger partial charge on any atom is -0.272 e. The molecule has 0 aliphatic carbocycles. The zero-order valence-corrected chi connectivity index (χ0v) is 15.0. The van der Waals surface area contributed by atoms with Gasteiger partial charge in [0.25, 0.3) is 5.91 Å². The number of rotatable bonds is 5. The van der Waals surface area contributed by atoms with Crippen LogP contribution in [0.1, 0.15) is 12.0 Å². The Labute approximate surface area is 158 Å². The second-order valence-electron chi connectivity index (χ2n) is 5.82. The summed E-state index contributed by atoms with van der Waals surface area (Å²) in [5.41, 5.74) is 2.43. The lowest BCUT2D eigenvalue weighted by molar-refractivity contribution is -0.127. The number of thioether (sulfide) groups is 1. The van der Waals surface area contributed by atoms with Crippen molar-refractivity contribution in [2.45, 2.75) is 11.6 Å². The van der Waals surface area contributed by atoms with Crippen molar-refractivity contribution in [1.29, 1.82) is 0 Å². The third kappa shape index (κ3) is 3.87. The van der Waals surface area contributed by atoms with Crippen LogP contribution in [0.15, 0.2) is 64.9 Å². The molecular formula is C18H15FN6OS. The van der Waals surface area contributed by atoms with E-state index in [9.17, 15) is 9.18 Å². The van der Waals surface area contributed by atoms with Gasteiger partial charge in [-0.25, -0.2) is 9.40 Å². The van der Waals surface area contributed by atoms with Crippen LogP contribution in [0.2, 0.25) is 0 Å². The summed E-state index contributed by atoms with van der Waals surface area (Å²) in [4.78, 5) is 12.5. The van der Waals surface area contributed by atoms with Crippen LogP contribution in [0.25, 0.3) is 5.69 Å². The standard InChI is InChI=1S/C18H15FN6OS/c19-14-7-4-8-15(11-14)25-18(20-22-23-25)27-12-17(26)24-10-9-16(21-24)13-5-2-1-3-6-13/h1-8,11H,9-10,12H2. The zero-order valence-electron chi connectivity index (χ0n) is 14.2. The molecule has 1 aliphatic rings. The number of hydrogen-bond acceptors (Lipinski definition) is 6. The predicted octanol–water partition coefficient (Wildman–Crippen LogP) is 2.53. The lowest BCUT2D eigenvalue weighted by Crippen LogP contribution is -2.25. The van der Waals surface area contributed by atoms with Gasteiger partial charge in [-0.2, -0.15) is 9.78 Å². The molecule has 0 spiro atoms. The molecule has 2 heterocycles. The van der Waals surface area contributed by atoms with Crippen molar-refractivity contribution >= 4 is 23.4 Å². The van der Waals surface area contributed by atoms with Crippen LogP contribution >= 0.6 is 11.8 Å². The van der Waals surface area contributed by atoms with Crippen LogP contribution in [0.3, 0.4) is 0 Å². The molecule has 0 unspecified atom stereocenters. The quantitative estimate of drug-likeness (QED) is 0.634. The average Bonchev–Trinajstić information content (AvgIpc) is 3.36. The van der Waals surface area contributed by atoms with E-state index >= 15 is 0 Å². The van der Waals surface area contributed by atoms with E-state index in [1.807, 2.05) is 30.3 Å². The van der Waals surface area contributed by atoms with Crippen molar-refractivity contribution in [3.8, 4) is 5.69 Å². The lowest BCUT2D eigenvalue weighted by atomic mass is 10.1. The van der Waals surface area contributed by atoms with Crippen molar-refractivity contribution in [3.05, 3.63) is 66.0 Å². The van der Waals surface area contributed by atoms with Gasteiger partial charge in [0.1, 0.15) is 5.82 Å². The molecular weight excluding hydrogens is 367 g/mol. The summed E-state index contributed by atoms with van der Waals surface area (Å²) in [6.45, 7) is 0.554. The van der Waals surface area contributed by atoms with E-state index in [2.05, 4.69) is 20.6 Å². The molecule has 7 nitrogen and oxygen atoms in total. The Morgan fingerprint density at radius 3 is 2.81 bits per heavy atom. The number of carbonyl (C=O) groups is 1. The van der Waals surface area contributed by atoms with Crippen molar-refractivity contribution in [1.82, 2.24) is 25.2 Å².